The van der Waals surface area contributed by atoms with Gasteiger partial charge in [-0.05, 0) is 31.0 Å². The van der Waals surface area contributed by atoms with Crippen LogP contribution in [0.2, 0.25) is 0 Å². The van der Waals surface area contributed by atoms with Crippen molar-refractivity contribution < 1.29 is 0 Å². The quantitative estimate of drug-likeness (QED) is 0.553. The largest absolute Gasteiger partial charge is 0.279 e. The molecule has 0 amide bonds. The molecule has 0 N–H and O–H groups in total. The minimum atomic E-state index is -0.0291. The molecule has 1 fully saturated rings. The van der Waals surface area contributed by atoms with Gasteiger partial charge >= 0.3 is 0 Å². The fourth-order valence-corrected chi connectivity index (χ4v) is 3.69. The molecular formula is C20H23N. The maximum Gasteiger partial charge on any atom is 0.0876 e. The van der Waals surface area contributed by atoms with Gasteiger partial charge in [0.25, 0.3) is 0 Å². The van der Waals surface area contributed by atoms with Gasteiger partial charge in [0, 0.05) is 0 Å². The highest BCUT2D eigenvalue weighted by atomic mass is 15.4. The average Bonchev–Trinajstić information content (AvgIpc) is 3.19. The molecule has 1 saturated heterocycles. The first-order valence-electron chi connectivity index (χ1n) is 7.76. The van der Waals surface area contributed by atoms with Crippen LogP contribution in [0.25, 0.3) is 0 Å². The first-order valence-corrected chi connectivity index (χ1v) is 7.76. The van der Waals surface area contributed by atoms with Crippen molar-refractivity contribution >= 4 is 0 Å². The van der Waals surface area contributed by atoms with Crippen molar-refractivity contribution in [2.75, 3.05) is 6.54 Å². The lowest BCUT2D eigenvalue weighted by atomic mass is 9.86. The van der Waals surface area contributed by atoms with E-state index in [1.165, 1.54) is 16.7 Å². The third kappa shape index (κ3) is 2.13. The molecule has 0 radical (unpaired) electrons. The van der Waals surface area contributed by atoms with Gasteiger partial charge in [0.05, 0.1) is 11.6 Å². The van der Waals surface area contributed by atoms with Crippen LogP contribution in [-0.4, -0.2) is 11.4 Å². The third-order valence-electron chi connectivity index (χ3n) is 4.54. The zero-order valence-electron chi connectivity index (χ0n) is 12.9. The summed E-state index contributed by atoms with van der Waals surface area (Å²) in [5.74, 6) is 0. The van der Waals surface area contributed by atoms with Gasteiger partial charge in [-0.15, -0.1) is 0 Å². The maximum absolute atomic E-state index is 4.33. The summed E-state index contributed by atoms with van der Waals surface area (Å²) in [5.41, 5.74) is 3.95. The second kappa shape index (κ2) is 5.50. The van der Waals surface area contributed by atoms with E-state index >= 15 is 0 Å². The lowest BCUT2D eigenvalue weighted by molar-refractivity contribution is 0.437. The average molecular weight is 277 g/mol. The molecule has 1 aliphatic heterocycles. The third-order valence-corrected chi connectivity index (χ3v) is 4.54. The van der Waals surface area contributed by atoms with Crippen molar-refractivity contribution in [2.45, 2.75) is 31.8 Å². The Bertz CT molecular complexity index is 617. The van der Waals surface area contributed by atoms with E-state index in [1.54, 1.807) is 0 Å². The van der Waals surface area contributed by atoms with E-state index in [0.29, 0.717) is 6.04 Å². The van der Waals surface area contributed by atoms with Crippen molar-refractivity contribution in [1.82, 2.24) is 4.90 Å². The Hall–Kier alpha value is -1.86. The lowest BCUT2D eigenvalue weighted by Crippen LogP contribution is -2.18. The molecule has 21 heavy (non-hydrogen) atoms. The predicted molar refractivity (Wildman–Crippen MR) is 89.1 cm³/mol. The van der Waals surface area contributed by atoms with Gasteiger partial charge in [-0.2, -0.15) is 0 Å². The van der Waals surface area contributed by atoms with Crippen LogP contribution in [-0.2, 0) is 5.54 Å². The minimum Gasteiger partial charge on any atom is -0.279 e. The Kier molecular flexibility index (Phi) is 3.69. The Balaban J connectivity index is 2.09. The first kappa shape index (κ1) is 14.1. The summed E-state index contributed by atoms with van der Waals surface area (Å²) in [5, 5.41) is 0. The van der Waals surface area contributed by atoms with Crippen molar-refractivity contribution in [3.05, 3.63) is 83.9 Å². The van der Waals surface area contributed by atoms with Gasteiger partial charge in [-0.3, -0.25) is 4.90 Å². The normalized spacial score (nSPS) is 27.3. The minimum absolute atomic E-state index is 0.0291. The number of benzene rings is 2. The van der Waals surface area contributed by atoms with Crippen molar-refractivity contribution in [3.63, 3.8) is 0 Å². The Morgan fingerprint density at radius 2 is 1.62 bits per heavy atom. The van der Waals surface area contributed by atoms with E-state index in [-0.39, 0.29) is 5.54 Å². The Morgan fingerprint density at radius 1 is 1.05 bits per heavy atom. The highest BCUT2D eigenvalue weighted by Gasteiger charge is 2.63. The van der Waals surface area contributed by atoms with E-state index in [1.807, 2.05) is 0 Å². The maximum atomic E-state index is 4.33. The first-order chi connectivity index (χ1) is 10.2. The summed E-state index contributed by atoms with van der Waals surface area (Å²) in [6.45, 7) is 9.84. The molecule has 2 aromatic carbocycles. The number of nitrogens with zero attached hydrogens (tertiary/aromatic N) is 1. The van der Waals surface area contributed by atoms with E-state index in [2.05, 4.69) is 86.0 Å². The molecular weight excluding hydrogens is 254 g/mol. The molecule has 0 saturated carbocycles. The standard InChI is InChI=1S/C20H23N/c1-4-15-21-19(17-11-7-5-8-12-17)20(21,16(2)3)18-13-9-6-10-14-18/h5-14,19H,2,4,15H2,1,3H3/t19-,20+,21?/m0/s1. The highest BCUT2D eigenvalue weighted by molar-refractivity contribution is 5.48. The van der Waals surface area contributed by atoms with Crippen LogP contribution < -0.4 is 0 Å². The van der Waals surface area contributed by atoms with Crippen LogP contribution in [0.15, 0.2) is 72.8 Å². The fraction of sp³-hybridized carbons (Fsp3) is 0.300. The summed E-state index contributed by atoms with van der Waals surface area (Å²) in [7, 11) is 0. The number of rotatable bonds is 5. The van der Waals surface area contributed by atoms with Crippen molar-refractivity contribution in [2.24, 2.45) is 0 Å². The molecule has 1 aliphatic rings. The molecule has 3 atom stereocenters. The second-order valence-corrected chi connectivity index (χ2v) is 5.92. The van der Waals surface area contributed by atoms with Gasteiger partial charge < -0.3 is 0 Å². The zero-order valence-corrected chi connectivity index (χ0v) is 12.9. The Labute approximate surface area is 127 Å². The highest BCUT2D eigenvalue weighted by Crippen LogP contribution is 2.63. The van der Waals surface area contributed by atoms with Crippen LogP contribution in [0.1, 0.15) is 37.4 Å². The van der Waals surface area contributed by atoms with Crippen LogP contribution in [0.3, 0.4) is 0 Å². The van der Waals surface area contributed by atoms with Crippen LogP contribution in [0, 0.1) is 0 Å². The van der Waals surface area contributed by atoms with Crippen LogP contribution in [0.4, 0.5) is 0 Å². The molecule has 108 valence electrons. The van der Waals surface area contributed by atoms with Crippen LogP contribution in [0.5, 0.6) is 0 Å². The zero-order chi connectivity index (χ0) is 14.9. The number of hydrogen-bond donors (Lipinski definition) is 0. The molecule has 1 heterocycles. The van der Waals surface area contributed by atoms with E-state index in [0.717, 1.165) is 13.0 Å². The molecule has 1 heteroatoms. The molecule has 2 aromatic rings. The molecule has 3 rings (SSSR count). The van der Waals surface area contributed by atoms with Gasteiger partial charge in [0.1, 0.15) is 0 Å². The fourth-order valence-electron chi connectivity index (χ4n) is 3.69. The second-order valence-electron chi connectivity index (χ2n) is 5.92. The summed E-state index contributed by atoms with van der Waals surface area (Å²) in [6.07, 6.45) is 1.16. The van der Waals surface area contributed by atoms with Gasteiger partial charge in [0.15, 0.2) is 0 Å². The summed E-state index contributed by atoms with van der Waals surface area (Å²) < 4.78 is 0. The molecule has 0 bridgehead atoms. The molecule has 0 aromatic heterocycles. The molecule has 1 unspecified atom stereocenters. The van der Waals surface area contributed by atoms with Gasteiger partial charge in [-0.25, -0.2) is 0 Å². The Morgan fingerprint density at radius 3 is 2.14 bits per heavy atom. The number of hydrogen-bond acceptors (Lipinski definition) is 1. The predicted octanol–water partition coefficient (Wildman–Crippen LogP) is 4.92. The lowest BCUT2D eigenvalue weighted by Gasteiger charge is -2.19. The van der Waals surface area contributed by atoms with E-state index in [9.17, 15) is 0 Å². The van der Waals surface area contributed by atoms with Crippen molar-refractivity contribution in [1.29, 1.82) is 0 Å². The SMILES string of the molecule is C=C(C)[C@@]1(c2ccccc2)[C@H](c2ccccc2)N1CCC. The molecule has 0 aliphatic carbocycles. The van der Waals surface area contributed by atoms with Gasteiger partial charge in [0.2, 0.25) is 0 Å². The molecule has 0 spiro atoms. The van der Waals surface area contributed by atoms with E-state index < -0.39 is 0 Å². The topological polar surface area (TPSA) is 3.01 Å². The van der Waals surface area contributed by atoms with Crippen LogP contribution >= 0.6 is 0 Å². The van der Waals surface area contributed by atoms with Gasteiger partial charge in [-0.1, -0.05) is 79.7 Å². The smallest absolute Gasteiger partial charge is 0.0876 e. The summed E-state index contributed by atoms with van der Waals surface area (Å²) >= 11 is 0. The van der Waals surface area contributed by atoms with E-state index in [4.69, 9.17) is 0 Å². The summed E-state index contributed by atoms with van der Waals surface area (Å²) in [6, 6.07) is 22.1. The molecule has 1 nitrogen and oxygen atoms in total. The summed E-state index contributed by atoms with van der Waals surface area (Å²) in [4.78, 5) is 2.58. The monoisotopic (exact) mass is 277 g/mol. The van der Waals surface area contributed by atoms with Crippen molar-refractivity contribution in [3.8, 4) is 0 Å².